The van der Waals surface area contributed by atoms with Gasteiger partial charge in [0.2, 0.25) is 0 Å². The lowest BCUT2D eigenvalue weighted by Crippen LogP contribution is -2.34. The molecule has 2 aromatic rings. The second kappa shape index (κ2) is 5.99. The maximum absolute atomic E-state index is 10.3. The van der Waals surface area contributed by atoms with Gasteiger partial charge in [-0.25, -0.2) is 0 Å². The van der Waals surface area contributed by atoms with E-state index < -0.39 is 5.60 Å². The number of aromatic hydroxyl groups is 1. The predicted octanol–water partition coefficient (Wildman–Crippen LogP) is 3.05. The van der Waals surface area contributed by atoms with Crippen molar-refractivity contribution >= 4 is 15.9 Å². The first-order valence-electron chi connectivity index (χ1n) is 6.35. The molecular formula is C15H18BrNO3. The van der Waals surface area contributed by atoms with Gasteiger partial charge in [-0.3, -0.25) is 0 Å². The standard InChI is InChI=1S/C15H18BrNO3/c1-10-6-12(16)7-11(14(10)18)8-17-9-15(2,19)13-4-3-5-20-13/h3-7,17-19H,8-9H2,1-2H3. The number of halogens is 1. The molecule has 0 aliphatic carbocycles. The lowest BCUT2D eigenvalue weighted by Gasteiger charge is -2.21. The second-order valence-corrected chi connectivity index (χ2v) is 6.00. The van der Waals surface area contributed by atoms with E-state index in [2.05, 4.69) is 21.2 Å². The molecule has 0 radical (unpaired) electrons. The molecule has 0 bridgehead atoms. The molecular weight excluding hydrogens is 322 g/mol. The van der Waals surface area contributed by atoms with Crippen molar-refractivity contribution in [2.24, 2.45) is 0 Å². The molecule has 2 rings (SSSR count). The van der Waals surface area contributed by atoms with E-state index in [0.717, 1.165) is 15.6 Å². The summed E-state index contributed by atoms with van der Waals surface area (Å²) in [5, 5.41) is 23.4. The summed E-state index contributed by atoms with van der Waals surface area (Å²) >= 11 is 3.41. The second-order valence-electron chi connectivity index (χ2n) is 5.09. The van der Waals surface area contributed by atoms with Crippen LogP contribution >= 0.6 is 15.9 Å². The Balaban J connectivity index is 2.00. The van der Waals surface area contributed by atoms with Crippen LogP contribution in [0.3, 0.4) is 0 Å². The van der Waals surface area contributed by atoms with Gasteiger partial charge in [-0.1, -0.05) is 15.9 Å². The highest BCUT2D eigenvalue weighted by Gasteiger charge is 2.25. The first-order chi connectivity index (χ1) is 9.40. The van der Waals surface area contributed by atoms with E-state index in [1.807, 2.05) is 19.1 Å². The quantitative estimate of drug-likeness (QED) is 0.783. The zero-order chi connectivity index (χ0) is 14.8. The number of phenolic OH excluding ortho intramolecular Hbond substituents is 1. The van der Waals surface area contributed by atoms with Crippen molar-refractivity contribution in [2.45, 2.75) is 26.0 Å². The van der Waals surface area contributed by atoms with Gasteiger partial charge in [0.05, 0.1) is 6.26 Å². The number of furan rings is 1. The fraction of sp³-hybridized carbons (Fsp3) is 0.333. The number of nitrogens with one attached hydrogen (secondary N) is 1. The fourth-order valence-electron chi connectivity index (χ4n) is 2.05. The van der Waals surface area contributed by atoms with Crippen LogP contribution < -0.4 is 5.32 Å². The predicted molar refractivity (Wildman–Crippen MR) is 80.5 cm³/mol. The van der Waals surface area contributed by atoms with E-state index in [1.54, 1.807) is 19.1 Å². The molecule has 0 fully saturated rings. The topological polar surface area (TPSA) is 65.6 Å². The average Bonchev–Trinajstić information content (AvgIpc) is 2.89. The van der Waals surface area contributed by atoms with Crippen LogP contribution in [0.1, 0.15) is 23.8 Å². The van der Waals surface area contributed by atoms with Gasteiger partial charge in [-0.05, 0) is 43.7 Å². The normalized spacial score (nSPS) is 14.2. The number of aliphatic hydroxyl groups is 1. The third-order valence-corrected chi connectivity index (χ3v) is 3.64. The van der Waals surface area contributed by atoms with Crippen molar-refractivity contribution in [1.82, 2.24) is 5.32 Å². The minimum absolute atomic E-state index is 0.276. The molecule has 1 unspecified atom stereocenters. The summed E-state index contributed by atoms with van der Waals surface area (Å²) in [5.74, 6) is 0.790. The summed E-state index contributed by atoms with van der Waals surface area (Å²) in [4.78, 5) is 0. The average molecular weight is 340 g/mol. The number of benzene rings is 1. The number of hydrogen-bond acceptors (Lipinski definition) is 4. The van der Waals surface area contributed by atoms with Crippen molar-refractivity contribution in [3.05, 3.63) is 51.9 Å². The Bertz CT molecular complexity index is 579. The summed E-state index contributed by atoms with van der Waals surface area (Å²) in [6, 6.07) is 7.20. The van der Waals surface area contributed by atoms with E-state index in [0.29, 0.717) is 18.8 Å². The Morgan fingerprint density at radius 2 is 2.15 bits per heavy atom. The van der Waals surface area contributed by atoms with Crippen LogP contribution in [-0.2, 0) is 12.1 Å². The molecule has 3 N–H and O–H groups in total. The Morgan fingerprint density at radius 1 is 1.40 bits per heavy atom. The summed E-state index contributed by atoms with van der Waals surface area (Å²) in [6.07, 6.45) is 1.54. The Hall–Kier alpha value is -1.30. The molecule has 1 atom stereocenters. The van der Waals surface area contributed by atoms with Crippen LogP contribution in [0.5, 0.6) is 5.75 Å². The van der Waals surface area contributed by atoms with E-state index in [-0.39, 0.29) is 5.75 Å². The third-order valence-electron chi connectivity index (χ3n) is 3.18. The molecule has 0 spiro atoms. The smallest absolute Gasteiger partial charge is 0.136 e. The van der Waals surface area contributed by atoms with Gasteiger partial charge in [0, 0.05) is 23.1 Å². The van der Waals surface area contributed by atoms with Crippen molar-refractivity contribution in [1.29, 1.82) is 0 Å². The number of aryl methyl sites for hydroxylation is 1. The molecule has 0 amide bonds. The van der Waals surface area contributed by atoms with E-state index in [1.165, 1.54) is 6.26 Å². The maximum Gasteiger partial charge on any atom is 0.136 e. The summed E-state index contributed by atoms with van der Waals surface area (Å²) < 4.78 is 6.14. The molecule has 108 valence electrons. The number of phenols is 1. The van der Waals surface area contributed by atoms with Gasteiger partial charge < -0.3 is 19.9 Å². The van der Waals surface area contributed by atoms with Gasteiger partial charge in [-0.2, -0.15) is 0 Å². The lowest BCUT2D eigenvalue weighted by atomic mass is 10.0. The Labute approximate surface area is 126 Å². The highest BCUT2D eigenvalue weighted by Crippen LogP contribution is 2.27. The van der Waals surface area contributed by atoms with Crippen LogP contribution in [0.15, 0.2) is 39.4 Å². The minimum Gasteiger partial charge on any atom is -0.507 e. The lowest BCUT2D eigenvalue weighted by molar-refractivity contribution is 0.0340. The van der Waals surface area contributed by atoms with E-state index in [9.17, 15) is 10.2 Å². The first kappa shape index (κ1) is 15.1. The van der Waals surface area contributed by atoms with Crippen LogP contribution in [0.4, 0.5) is 0 Å². The summed E-state index contributed by atoms with van der Waals surface area (Å²) in [5.41, 5.74) is 0.515. The molecule has 4 nitrogen and oxygen atoms in total. The van der Waals surface area contributed by atoms with Crippen LogP contribution in [-0.4, -0.2) is 16.8 Å². The van der Waals surface area contributed by atoms with Crippen LogP contribution in [0.25, 0.3) is 0 Å². The SMILES string of the molecule is Cc1cc(Br)cc(CNCC(C)(O)c2ccco2)c1O. The van der Waals surface area contributed by atoms with Gasteiger partial charge >= 0.3 is 0 Å². The number of hydrogen-bond donors (Lipinski definition) is 3. The van der Waals surface area contributed by atoms with Gasteiger partial charge in [0.1, 0.15) is 17.1 Å². The Kier molecular flexibility index (Phi) is 4.52. The Morgan fingerprint density at radius 3 is 2.80 bits per heavy atom. The molecule has 0 aliphatic rings. The summed E-state index contributed by atoms with van der Waals surface area (Å²) in [6.45, 7) is 4.32. The molecule has 0 saturated heterocycles. The highest BCUT2D eigenvalue weighted by molar-refractivity contribution is 9.10. The van der Waals surface area contributed by atoms with Crippen molar-refractivity contribution in [3.8, 4) is 5.75 Å². The monoisotopic (exact) mass is 339 g/mol. The summed E-state index contributed by atoms with van der Waals surface area (Å²) in [7, 11) is 0. The minimum atomic E-state index is -1.08. The largest absolute Gasteiger partial charge is 0.507 e. The van der Waals surface area contributed by atoms with Crippen LogP contribution in [0.2, 0.25) is 0 Å². The first-order valence-corrected chi connectivity index (χ1v) is 7.14. The van der Waals surface area contributed by atoms with E-state index in [4.69, 9.17) is 4.42 Å². The van der Waals surface area contributed by atoms with Crippen molar-refractivity contribution < 1.29 is 14.6 Å². The zero-order valence-electron chi connectivity index (χ0n) is 11.5. The maximum atomic E-state index is 10.3. The van der Waals surface area contributed by atoms with Gasteiger partial charge in [0.15, 0.2) is 0 Å². The molecule has 5 heteroatoms. The van der Waals surface area contributed by atoms with E-state index >= 15 is 0 Å². The number of rotatable bonds is 5. The molecule has 20 heavy (non-hydrogen) atoms. The van der Waals surface area contributed by atoms with Gasteiger partial charge in [-0.15, -0.1) is 0 Å². The molecule has 0 saturated carbocycles. The van der Waals surface area contributed by atoms with Crippen molar-refractivity contribution in [3.63, 3.8) is 0 Å². The highest BCUT2D eigenvalue weighted by atomic mass is 79.9. The fourth-order valence-corrected chi connectivity index (χ4v) is 2.67. The van der Waals surface area contributed by atoms with Crippen molar-refractivity contribution in [2.75, 3.05) is 6.54 Å². The van der Waals surface area contributed by atoms with Crippen LogP contribution in [0, 0.1) is 6.92 Å². The zero-order valence-corrected chi connectivity index (χ0v) is 13.1. The molecule has 0 aliphatic heterocycles. The van der Waals surface area contributed by atoms with Gasteiger partial charge in [0.25, 0.3) is 0 Å². The molecule has 1 aromatic carbocycles. The molecule has 1 aromatic heterocycles. The third kappa shape index (κ3) is 3.42. The molecule has 1 heterocycles.